The molecule has 0 heterocycles. The molecule has 1 amide bonds. The van der Waals surface area contributed by atoms with Gasteiger partial charge in [0.15, 0.2) is 0 Å². The summed E-state index contributed by atoms with van der Waals surface area (Å²) in [6.45, 7) is 0.0109. The highest BCUT2D eigenvalue weighted by Crippen LogP contribution is 2.18. The lowest BCUT2D eigenvalue weighted by Gasteiger charge is -2.03. The Kier molecular flexibility index (Phi) is 5.74. The van der Waals surface area contributed by atoms with Gasteiger partial charge < -0.3 is 10.4 Å². The van der Waals surface area contributed by atoms with Crippen LogP contribution in [0.3, 0.4) is 0 Å². The molecule has 2 N–H and O–H groups in total. The van der Waals surface area contributed by atoms with Crippen molar-refractivity contribution in [3.63, 3.8) is 0 Å². The van der Waals surface area contributed by atoms with Gasteiger partial charge in [0, 0.05) is 4.90 Å². The van der Waals surface area contributed by atoms with E-state index in [0.717, 1.165) is 10.5 Å². The number of hydrogen-bond donors (Lipinski definition) is 2. The van der Waals surface area contributed by atoms with E-state index in [0.29, 0.717) is 0 Å². The second-order valence-electron chi connectivity index (χ2n) is 3.44. The molecular formula is C12H12N2O3S. The second kappa shape index (κ2) is 7.35. The van der Waals surface area contributed by atoms with E-state index in [4.69, 9.17) is 10.4 Å². The van der Waals surface area contributed by atoms with Gasteiger partial charge in [-0.3, -0.25) is 9.59 Å². The van der Waals surface area contributed by atoms with Gasteiger partial charge in [0.25, 0.3) is 0 Å². The van der Waals surface area contributed by atoms with E-state index in [1.165, 1.54) is 11.8 Å². The monoisotopic (exact) mass is 264 g/mol. The summed E-state index contributed by atoms with van der Waals surface area (Å²) >= 11 is 1.34. The van der Waals surface area contributed by atoms with Gasteiger partial charge in [-0.15, -0.1) is 11.8 Å². The highest BCUT2D eigenvalue weighted by molar-refractivity contribution is 8.00. The molecule has 0 radical (unpaired) electrons. The van der Waals surface area contributed by atoms with Crippen LogP contribution in [-0.4, -0.2) is 29.3 Å². The van der Waals surface area contributed by atoms with E-state index in [1.807, 2.05) is 6.07 Å². The van der Waals surface area contributed by atoms with Crippen molar-refractivity contribution in [1.29, 1.82) is 5.26 Å². The van der Waals surface area contributed by atoms with Crippen molar-refractivity contribution in [3.8, 4) is 6.07 Å². The Morgan fingerprint density at radius 3 is 2.56 bits per heavy atom. The number of hydrogen-bond acceptors (Lipinski definition) is 4. The number of amides is 1. The molecule has 0 aliphatic rings. The molecule has 18 heavy (non-hydrogen) atoms. The first-order valence-electron chi connectivity index (χ1n) is 5.19. The van der Waals surface area contributed by atoms with Crippen LogP contribution in [0.5, 0.6) is 0 Å². The smallest absolute Gasteiger partial charge is 0.307 e. The Labute approximate surface area is 109 Å². The van der Waals surface area contributed by atoms with Crippen LogP contribution < -0.4 is 5.32 Å². The van der Waals surface area contributed by atoms with Crippen LogP contribution in [0.15, 0.2) is 29.2 Å². The topological polar surface area (TPSA) is 90.2 Å². The van der Waals surface area contributed by atoms with E-state index >= 15 is 0 Å². The first kappa shape index (κ1) is 14.1. The molecule has 0 saturated carbocycles. The van der Waals surface area contributed by atoms with Gasteiger partial charge in [0.1, 0.15) is 6.54 Å². The van der Waals surface area contributed by atoms with Crippen molar-refractivity contribution in [2.45, 2.75) is 11.3 Å². The molecule has 5 nitrogen and oxygen atoms in total. The van der Waals surface area contributed by atoms with E-state index in [-0.39, 0.29) is 24.6 Å². The zero-order valence-corrected chi connectivity index (χ0v) is 10.4. The lowest BCUT2D eigenvalue weighted by atomic mass is 10.2. The third kappa shape index (κ3) is 5.37. The van der Waals surface area contributed by atoms with Crippen molar-refractivity contribution < 1.29 is 14.7 Å². The van der Waals surface area contributed by atoms with Crippen LogP contribution in [-0.2, 0) is 16.0 Å². The Morgan fingerprint density at radius 2 is 2.00 bits per heavy atom. The van der Waals surface area contributed by atoms with Crippen LogP contribution in [0, 0.1) is 11.3 Å². The molecule has 94 valence electrons. The molecule has 0 unspecified atom stereocenters. The van der Waals surface area contributed by atoms with Gasteiger partial charge in [-0.05, 0) is 17.7 Å². The minimum Gasteiger partial charge on any atom is -0.481 e. The average Bonchev–Trinajstić information content (AvgIpc) is 2.35. The van der Waals surface area contributed by atoms with Gasteiger partial charge in [-0.25, -0.2) is 0 Å². The molecule has 6 heteroatoms. The minimum atomic E-state index is -0.869. The summed E-state index contributed by atoms with van der Waals surface area (Å²) in [5.74, 6) is -0.831. The maximum atomic E-state index is 11.2. The summed E-state index contributed by atoms with van der Waals surface area (Å²) in [7, 11) is 0. The molecule has 1 aromatic rings. The highest BCUT2D eigenvalue weighted by atomic mass is 32.2. The zero-order valence-electron chi connectivity index (χ0n) is 9.55. The summed E-state index contributed by atoms with van der Waals surface area (Å²) in [5, 5.41) is 19.3. The number of aliphatic carboxylic acids is 1. The van der Waals surface area contributed by atoms with Gasteiger partial charge in [0.2, 0.25) is 5.91 Å². The molecule has 0 aromatic heterocycles. The van der Waals surface area contributed by atoms with Gasteiger partial charge in [-0.2, -0.15) is 5.26 Å². The van der Waals surface area contributed by atoms with Gasteiger partial charge in [0.05, 0.1) is 18.2 Å². The molecule has 1 rings (SSSR count). The predicted octanol–water partition coefficient (Wildman–Crippen LogP) is 1.05. The van der Waals surface area contributed by atoms with E-state index in [1.54, 1.807) is 24.3 Å². The molecule has 0 atom stereocenters. The number of thioether (sulfide) groups is 1. The van der Waals surface area contributed by atoms with Crippen LogP contribution in [0.1, 0.15) is 5.56 Å². The van der Waals surface area contributed by atoms with Crippen LogP contribution in [0.2, 0.25) is 0 Å². The van der Waals surface area contributed by atoms with Crippen molar-refractivity contribution in [2.75, 3.05) is 12.3 Å². The molecule has 0 saturated heterocycles. The summed E-state index contributed by atoms with van der Waals surface area (Å²) in [6, 6.07) is 8.83. The normalized spacial score (nSPS) is 9.50. The van der Waals surface area contributed by atoms with Crippen molar-refractivity contribution in [2.24, 2.45) is 0 Å². The number of carboxylic acids is 1. The Morgan fingerprint density at radius 1 is 1.33 bits per heavy atom. The minimum absolute atomic E-state index is 0.00635. The fraction of sp³-hybridized carbons (Fsp3) is 0.250. The molecule has 0 aliphatic heterocycles. The summed E-state index contributed by atoms with van der Waals surface area (Å²) < 4.78 is 0. The number of carbonyl (C=O) groups is 2. The first-order valence-corrected chi connectivity index (χ1v) is 6.17. The largest absolute Gasteiger partial charge is 0.481 e. The molecule has 0 spiro atoms. The first-order chi connectivity index (χ1) is 8.61. The van der Waals surface area contributed by atoms with Crippen molar-refractivity contribution in [1.82, 2.24) is 5.32 Å². The third-order valence-electron chi connectivity index (χ3n) is 2.01. The van der Waals surface area contributed by atoms with E-state index in [9.17, 15) is 9.59 Å². The number of nitriles is 1. The van der Waals surface area contributed by atoms with Gasteiger partial charge >= 0.3 is 5.97 Å². The molecule has 1 aromatic carbocycles. The zero-order chi connectivity index (χ0) is 13.4. The number of nitrogens with one attached hydrogen (secondary N) is 1. The average molecular weight is 264 g/mol. The number of carboxylic acid groups (broad SMARTS) is 1. The number of nitrogens with zero attached hydrogens (tertiary/aromatic N) is 1. The number of rotatable bonds is 6. The SMILES string of the molecule is N#CCNC(=O)CSc1ccc(CC(=O)O)cc1. The summed E-state index contributed by atoms with van der Waals surface area (Å²) in [5.41, 5.74) is 0.723. The standard InChI is InChI=1S/C12H12N2O3S/c13-5-6-14-11(15)8-18-10-3-1-9(2-4-10)7-12(16)17/h1-4H,6-8H2,(H,14,15)(H,16,17). The third-order valence-corrected chi connectivity index (χ3v) is 3.03. The summed E-state index contributed by atoms with van der Waals surface area (Å²) in [4.78, 5) is 22.6. The Hall–Kier alpha value is -2.00. The molecule has 0 aliphatic carbocycles. The van der Waals surface area contributed by atoms with Crippen molar-refractivity contribution in [3.05, 3.63) is 29.8 Å². The molecular weight excluding hydrogens is 252 g/mol. The second-order valence-corrected chi connectivity index (χ2v) is 4.49. The van der Waals surface area contributed by atoms with Crippen LogP contribution >= 0.6 is 11.8 Å². The quantitative estimate of drug-likeness (QED) is 0.592. The fourth-order valence-corrected chi connectivity index (χ4v) is 1.94. The lowest BCUT2D eigenvalue weighted by Crippen LogP contribution is -2.25. The van der Waals surface area contributed by atoms with E-state index < -0.39 is 5.97 Å². The maximum Gasteiger partial charge on any atom is 0.307 e. The highest BCUT2D eigenvalue weighted by Gasteiger charge is 2.03. The molecule has 0 bridgehead atoms. The number of carbonyl (C=O) groups excluding carboxylic acids is 1. The number of benzene rings is 1. The van der Waals surface area contributed by atoms with E-state index in [2.05, 4.69) is 5.32 Å². The van der Waals surface area contributed by atoms with Crippen LogP contribution in [0.4, 0.5) is 0 Å². The van der Waals surface area contributed by atoms with Crippen molar-refractivity contribution >= 4 is 23.6 Å². The predicted molar refractivity (Wildman–Crippen MR) is 67.1 cm³/mol. The Balaban J connectivity index is 2.42. The Bertz CT molecular complexity index is 465. The maximum absolute atomic E-state index is 11.2. The molecule has 0 fully saturated rings. The van der Waals surface area contributed by atoms with Gasteiger partial charge in [-0.1, -0.05) is 12.1 Å². The fourth-order valence-electron chi connectivity index (χ4n) is 1.22. The summed E-state index contributed by atoms with van der Waals surface area (Å²) in [6.07, 6.45) is -0.00635. The van der Waals surface area contributed by atoms with Crippen LogP contribution in [0.25, 0.3) is 0 Å². The lowest BCUT2D eigenvalue weighted by molar-refractivity contribution is -0.136.